The van der Waals surface area contributed by atoms with Crippen LogP contribution >= 0.6 is 46.4 Å². The van der Waals surface area contributed by atoms with Gasteiger partial charge in [0.05, 0.1) is 10.0 Å². The molecule has 0 aliphatic heterocycles. The van der Waals surface area contributed by atoms with Crippen molar-refractivity contribution in [2.75, 3.05) is 0 Å². The van der Waals surface area contributed by atoms with Gasteiger partial charge in [-0.15, -0.1) is 0 Å². The van der Waals surface area contributed by atoms with Crippen molar-refractivity contribution in [3.63, 3.8) is 0 Å². The van der Waals surface area contributed by atoms with E-state index in [4.69, 9.17) is 46.4 Å². The Morgan fingerprint density at radius 1 is 0.750 bits per heavy atom. The number of ketones is 1. The minimum Gasteiger partial charge on any atom is -0.288 e. The average Bonchev–Trinajstić information content (AvgIpc) is 2.42. The second-order valence-electron chi connectivity index (χ2n) is 4.40. The van der Waals surface area contributed by atoms with Gasteiger partial charge in [0, 0.05) is 21.2 Å². The van der Waals surface area contributed by atoms with Gasteiger partial charge in [-0.3, -0.25) is 4.79 Å². The largest absolute Gasteiger partial charge is 0.288 e. The van der Waals surface area contributed by atoms with E-state index in [1.165, 1.54) is 0 Å². The van der Waals surface area contributed by atoms with E-state index < -0.39 is 0 Å². The van der Waals surface area contributed by atoms with Gasteiger partial charge in [0.25, 0.3) is 0 Å². The summed E-state index contributed by atoms with van der Waals surface area (Å²) in [5, 5.41) is 1.72. The van der Waals surface area contributed by atoms with Crippen LogP contribution in [-0.4, -0.2) is 5.78 Å². The van der Waals surface area contributed by atoms with E-state index in [1.807, 2.05) is 0 Å². The fraction of sp³-hybridized carbons (Fsp3) is 0.133. The van der Waals surface area contributed by atoms with E-state index >= 15 is 0 Å². The summed E-state index contributed by atoms with van der Waals surface area (Å²) in [6.45, 7) is 3.52. The summed E-state index contributed by atoms with van der Waals surface area (Å²) in [6.07, 6.45) is 0. The molecule has 1 nitrogen and oxygen atoms in total. The number of rotatable bonds is 2. The van der Waals surface area contributed by atoms with Crippen molar-refractivity contribution in [3.8, 4) is 0 Å². The Labute approximate surface area is 137 Å². The summed E-state index contributed by atoms with van der Waals surface area (Å²) in [5.41, 5.74) is 2.08. The molecule has 2 rings (SSSR count). The summed E-state index contributed by atoms with van der Waals surface area (Å²) in [4.78, 5) is 12.6. The number of halogens is 4. The zero-order chi connectivity index (χ0) is 15.0. The minimum atomic E-state index is -0.250. The summed E-state index contributed by atoms with van der Waals surface area (Å²) in [5.74, 6) is -0.250. The van der Waals surface area contributed by atoms with Gasteiger partial charge in [-0.1, -0.05) is 46.4 Å². The molecular formula is C15H10Cl4O. The molecule has 0 fully saturated rings. The predicted octanol–water partition coefficient (Wildman–Crippen LogP) is 6.15. The first-order chi connectivity index (χ1) is 9.34. The van der Waals surface area contributed by atoms with Crippen LogP contribution < -0.4 is 0 Å². The first-order valence-corrected chi connectivity index (χ1v) is 7.29. The smallest absolute Gasteiger partial charge is 0.196 e. The Bertz CT molecular complexity index is 648. The van der Waals surface area contributed by atoms with Gasteiger partial charge in [0.1, 0.15) is 0 Å². The van der Waals surface area contributed by atoms with E-state index in [0.717, 1.165) is 0 Å². The number of carbonyl (C=O) groups is 1. The van der Waals surface area contributed by atoms with Gasteiger partial charge in [-0.2, -0.15) is 0 Å². The molecule has 0 aliphatic rings. The maximum atomic E-state index is 12.6. The van der Waals surface area contributed by atoms with Gasteiger partial charge in [0.2, 0.25) is 0 Å². The fourth-order valence-electron chi connectivity index (χ4n) is 1.82. The molecule has 0 radical (unpaired) electrons. The zero-order valence-electron chi connectivity index (χ0n) is 10.7. The van der Waals surface area contributed by atoms with Crippen LogP contribution in [0.5, 0.6) is 0 Å². The molecule has 0 unspecified atom stereocenters. The molecule has 0 spiro atoms. The van der Waals surface area contributed by atoms with Gasteiger partial charge in [-0.25, -0.2) is 0 Å². The third-order valence-electron chi connectivity index (χ3n) is 3.13. The molecular weight excluding hydrogens is 338 g/mol. The Hall–Kier alpha value is -0.730. The molecule has 0 saturated carbocycles. The molecule has 2 aromatic rings. The number of hydrogen-bond donors (Lipinski definition) is 0. The van der Waals surface area contributed by atoms with E-state index in [0.29, 0.717) is 42.3 Å². The van der Waals surface area contributed by atoms with Crippen LogP contribution in [0.2, 0.25) is 20.1 Å². The SMILES string of the molecule is Cc1c(Cl)ccc(C(=O)c2ccc(Cl)c(C)c2Cl)c1Cl. The lowest BCUT2D eigenvalue weighted by atomic mass is 10.00. The van der Waals surface area contributed by atoms with Crippen LogP contribution in [0.3, 0.4) is 0 Å². The molecule has 0 amide bonds. The molecule has 0 aliphatic carbocycles. The maximum Gasteiger partial charge on any atom is 0.196 e. The Morgan fingerprint density at radius 2 is 1.10 bits per heavy atom. The number of benzene rings is 2. The Balaban J connectivity index is 2.58. The lowest BCUT2D eigenvalue weighted by molar-refractivity contribution is 0.103. The third-order valence-corrected chi connectivity index (χ3v) is 4.92. The van der Waals surface area contributed by atoms with Gasteiger partial charge in [0.15, 0.2) is 5.78 Å². The molecule has 0 N–H and O–H groups in total. The maximum absolute atomic E-state index is 12.6. The van der Waals surface area contributed by atoms with E-state index in [9.17, 15) is 4.79 Å². The topological polar surface area (TPSA) is 17.1 Å². The quantitative estimate of drug-likeness (QED) is 0.595. The molecule has 0 aromatic heterocycles. The lowest BCUT2D eigenvalue weighted by Crippen LogP contribution is -2.05. The van der Waals surface area contributed by atoms with Crippen LogP contribution in [0.4, 0.5) is 0 Å². The summed E-state index contributed by atoms with van der Waals surface area (Å²) in [6, 6.07) is 6.49. The van der Waals surface area contributed by atoms with Crippen LogP contribution in [0.1, 0.15) is 27.0 Å². The highest BCUT2D eigenvalue weighted by Crippen LogP contribution is 2.32. The minimum absolute atomic E-state index is 0.250. The van der Waals surface area contributed by atoms with Crippen molar-refractivity contribution in [1.82, 2.24) is 0 Å². The van der Waals surface area contributed by atoms with Crippen molar-refractivity contribution in [2.24, 2.45) is 0 Å². The second kappa shape index (κ2) is 5.95. The van der Waals surface area contributed by atoms with Crippen molar-refractivity contribution < 1.29 is 4.79 Å². The molecule has 0 bridgehead atoms. The van der Waals surface area contributed by atoms with Crippen molar-refractivity contribution >= 4 is 52.2 Å². The first kappa shape index (κ1) is 15.7. The van der Waals surface area contributed by atoms with Crippen LogP contribution in [0, 0.1) is 13.8 Å². The van der Waals surface area contributed by atoms with E-state index in [1.54, 1.807) is 38.1 Å². The van der Waals surface area contributed by atoms with Crippen molar-refractivity contribution in [1.29, 1.82) is 0 Å². The highest BCUT2D eigenvalue weighted by molar-refractivity contribution is 6.41. The summed E-state index contributed by atoms with van der Waals surface area (Å²) >= 11 is 24.3. The third kappa shape index (κ3) is 2.68. The van der Waals surface area contributed by atoms with Gasteiger partial charge < -0.3 is 0 Å². The summed E-state index contributed by atoms with van der Waals surface area (Å²) in [7, 11) is 0. The highest BCUT2D eigenvalue weighted by Gasteiger charge is 2.19. The molecule has 0 heterocycles. The fourth-order valence-corrected chi connectivity index (χ4v) is 2.73. The molecule has 0 saturated heterocycles. The number of hydrogen-bond acceptors (Lipinski definition) is 1. The molecule has 2 aromatic carbocycles. The highest BCUT2D eigenvalue weighted by atomic mass is 35.5. The molecule has 0 atom stereocenters. The lowest BCUT2D eigenvalue weighted by Gasteiger charge is -2.10. The van der Waals surface area contributed by atoms with Crippen LogP contribution in [-0.2, 0) is 0 Å². The average molecular weight is 348 g/mol. The van der Waals surface area contributed by atoms with Crippen molar-refractivity contribution in [3.05, 3.63) is 66.6 Å². The monoisotopic (exact) mass is 346 g/mol. The molecule has 5 heteroatoms. The zero-order valence-corrected chi connectivity index (χ0v) is 13.8. The van der Waals surface area contributed by atoms with Gasteiger partial charge in [-0.05, 0) is 49.2 Å². The summed E-state index contributed by atoms with van der Waals surface area (Å²) < 4.78 is 0. The second-order valence-corrected chi connectivity index (χ2v) is 5.97. The number of carbonyl (C=O) groups excluding carboxylic acids is 1. The predicted molar refractivity (Wildman–Crippen MR) is 85.8 cm³/mol. The van der Waals surface area contributed by atoms with E-state index in [-0.39, 0.29) is 5.78 Å². The Kier molecular flexibility index (Phi) is 4.66. The van der Waals surface area contributed by atoms with E-state index in [2.05, 4.69) is 0 Å². The van der Waals surface area contributed by atoms with Crippen molar-refractivity contribution in [2.45, 2.75) is 13.8 Å². The standard InChI is InChI=1S/C15H10Cl4O/c1-7-11(16)5-3-9(13(7)18)15(20)10-4-6-12(17)8(2)14(10)19/h3-6H,1-2H3. The molecule has 20 heavy (non-hydrogen) atoms. The van der Waals surface area contributed by atoms with Gasteiger partial charge >= 0.3 is 0 Å². The normalized spacial score (nSPS) is 10.7. The Morgan fingerprint density at radius 3 is 1.45 bits per heavy atom. The first-order valence-electron chi connectivity index (χ1n) is 5.78. The molecule has 104 valence electrons. The van der Waals surface area contributed by atoms with Crippen LogP contribution in [0.25, 0.3) is 0 Å². The van der Waals surface area contributed by atoms with Crippen LogP contribution in [0.15, 0.2) is 24.3 Å².